The number of thiophene rings is 1. The van der Waals surface area contributed by atoms with Crippen LogP contribution < -0.4 is 10.0 Å². The van der Waals surface area contributed by atoms with E-state index >= 15 is 0 Å². The minimum Gasteiger partial charge on any atom is -0.319 e. The minimum atomic E-state index is -3.35. The molecule has 2 heterocycles. The van der Waals surface area contributed by atoms with Gasteiger partial charge in [-0.05, 0) is 43.8 Å². The van der Waals surface area contributed by atoms with Crippen LogP contribution in [0.1, 0.15) is 17.7 Å². The van der Waals surface area contributed by atoms with Crippen LogP contribution in [0.2, 0.25) is 0 Å². The van der Waals surface area contributed by atoms with Crippen molar-refractivity contribution in [2.45, 2.75) is 19.4 Å². The largest absolute Gasteiger partial charge is 0.319 e. The third-order valence-corrected chi connectivity index (χ3v) is 5.72. The van der Waals surface area contributed by atoms with Crippen molar-refractivity contribution < 1.29 is 8.42 Å². The van der Waals surface area contributed by atoms with Crippen LogP contribution in [0.4, 0.5) is 0 Å². The van der Waals surface area contributed by atoms with Gasteiger partial charge in [-0.3, -0.25) is 0 Å². The number of nitrogens with one attached hydrogen (secondary N) is 2. The molecule has 2 rings (SSSR count). The van der Waals surface area contributed by atoms with Crippen LogP contribution in [0.3, 0.4) is 0 Å². The van der Waals surface area contributed by atoms with E-state index in [2.05, 4.69) is 10.0 Å². The topological polar surface area (TPSA) is 61.4 Å². The maximum atomic E-state index is 12.2. The van der Waals surface area contributed by atoms with E-state index in [-0.39, 0.29) is 0 Å². The summed E-state index contributed by atoms with van der Waals surface area (Å²) < 4.78 is 28.7. The molecule has 0 aliphatic carbocycles. The molecule has 108 valence electrons. The summed E-state index contributed by atoms with van der Waals surface area (Å²) in [7, 11) is -1.44. The van der Waals surface area contributed by atoms with Crippen LogP contribution in [0.25, 0.3) is 0 Å². The summed E-state index contributed by atoms with van der Waals surface area (Å²) in [6, 6.07) is 3.87. The minimum absolute atomic E-state index is 0.382. The SMILES string of the molecule is CNCC1CCCN(S(=O)(=O)NCc2cccs2)C1. The average Bonchev–Trinajstić information content (AvgIpc) is 2.90. The number of hydrogen-bond donors (Lipinski definition) is 2. The predicted molar refractivity (Wildman–Crippen MR) is 78.3 cm³/mol. The highest BCUT2D eigenvalue weighted by Gasteiger charge is 2.28. The van der Waals surface area contributed by atoms with E-state index in [0.29, 0.717) is 25.6 Å². The van der Waals surface area contributed by atoms with E-state index in [0.717, 1.165) is 24.3 Å². The van der Waals surface area contributed by atoms with Crippen molar-refractivity contribution in [3.63, 3.8) is 0 Å². The molecule has 1 aromatic rings. The molecule has 0 radical (unpaired) electrons. The lowest BCUT2D eigenvalue weighted by atomic mass is 10.00. The molecular weight excluding hydrogens is 282 g/mol. The second-order valence-electron chi connectivity index (χ2n) is 4.83. The van der Waals surface area contributed by atoms with E-state index in [1.807, 2.05) is 24.6 Å². The van der Waals surface area contributed by atoms with Crippen LogP contribution in [-0.4, -0.2) is 39.4 Å². The monoisotopic (exact) mass is 303 g/mol. The van der Waals surface area contributed by atoms with Gasteiger partial charge in [-0.2, -0.15) is 17.4 Å². The Kier molecular flexibility index (Phi) is 5.35. The molecule has 1 unspecified atom stereocenters. The summed E-state index contributed by atoms with van der Waals surface area (Å²) >= 11 is 1.56. The fourth-order valence-corrected chi connectivity index (χ4v) is 4.40. The molecule has 1 aromatic heterocycles. The zero-order valence-electron chi connectivity index (χ0n) is 11.1. The van der Waals surface area contributed by atoms with Crippen molar-refractivity contribution in [2.24, 2.45) is 5.92 Å². The Morgan fingerprint density at radius 1 is 1.53 bits per heavy atom. The van der Waals surface area contributed by atoms with Gasteiger partial charge in [-0.25, -0.2) is 0 Å². The first-order chi connectivity index (χ1) is 9.12. The fourth-order valence-electron chi connectivity index (χ4n) is 2.37. The molecule has 0 spiro atoms. The van der Waals surface area contributed by atoms with Crippen molar-refractivity contribution in [1.29, 1.82) is 0 Å². The van der Waals surface area contributed by atoms with Gasteiger partial charge in [-0.15, -0.1) is 11.3 Å². The Morgan fingerprint density at radius 3 is 3.05 bits per heavy atom. The van der Waals surface area contributed by atoms with Crippen molar-refractivity contribution in [3.05, 3.63) is 22.4 Å². The Labute approximate surface area is 119 Å². The molecule has 1 aliphatic rings. The smallest absolute Gasteiger partial charge is 0.279 e. The van der Waals surface area contributed by atoms with Crippen LogP contribution in [0.15, 0.2) is 17.5 Å². The van der Waals surface area contributed by atoms with E-state index in [1.54, 1.807) is 15.6 Å². The van der Waals surface area contributed by atoms with E-state index < -0.39 is 10.2 Å². The van der Waals surface area contributed by atoms with Gasteiger partial charge in [0.05, 0.1) is 0 Å². The number of hydrogen-bond acceptors (Lipinski definition) is 4. The first-order valence-corrected chi connectivity index (χ1v) is 8.85. The van der Waals surface area contributed by atoms with Crippen LogP contribution in [0, 0.1) is 5.92 Å². The highest BCUT2D eigenvalue weighted by Crippen LogP contribution is 2.18. The molecule has 0 saturated carbocycles. The van der Waals surface area contributed by atoms with Crippen molar-refractivity contribution in [2.75, 3.05) is 26.7 Å². The van der Waals surface area contributed by atoms with Crippen LogP contribution >= 0.6 is 11.3 Å². The molecule has 1 saturated heterocycles. The number of piperidine rings is 1. The zero-order chi connectivity index (χ0) is 13.7. The first kappa shape index (κ1) is 14.9. The molecule has 1 fully saturated rings. The maximum Gasteiger partial charge on any atom is 0.279 e. The van der Waals surface area contributed by atoms with Gasteiger partial charge in [-0.1, -0.05) is 6.07 Å². The molecule has 1 atom stereocenters. The molecule has 2 N–H and O–H groups in total. The normalized spacial score (nSPS) is 21.6. The summed E-state index contributed by atoms with van der Waals surface area (Å²) in [6.07, 6.45) is 2.03. The number of nitrogens with zero attached hydrogens (tertiary/aromatic N) is 1. The van der Waals surface area contributed by atoms with Crippen LogP contribution in [-0.2, 0) is 16.8 Å². The first-order valence-electron chi connectivity index (χ1n) is 6.53. The molecule has 0 bridgehead atoms. The standard InChI is InChI=1S/C12H21N3O2S2/c1-13-8-11-4-2-6-15(10-11)19(16,17)14-9-12-5-3-7-18-12/h3,5,7,11,13-14H,2,4,6,8-10H2,1H3. The Bertz CT molecular complexity index is 471. The molecule has 1 aliphatic heterocycles. The molecule has 19 heavy (non-hydrogen) atoms. The summed E-state index contributed by atoms with van der Waals surface area (Å²) in [5, 5.41) is 5.08. The molecule has 5 nitrogen and oxygen atoms in total. The maximum absolute atomic E-state index is 12.2. The average molecular weight is 303 g/mol. The third-order valence-electron chi connectivity index (χ3n) is 3.32. The van der Waals surface area contributed by atoms with E-state index in [4.69, 9.17) is 0 Å². The molecule has 0 aromatic carbocycles. The van der Waals surface area contributed by atoms with E-state index in [9.17, 15) is 8.42 Å². The van der Waals surface area contributed by atoms with Crippen molar-refractivity contribution in [1.82, 2.24) is 14.3 Å². The van der Waals surface area contributed by atoms with Gasteiger partial charge in [0, 0.05) is 24.5 Å². The number of rotatable bonds is 6. The Balaban J connectivity index is 1.91. The zero-order valence-corrected chi connectivity index (χ0v) is 12.8. The second kappa shape index (κ2) is 6.81. The lowest BCUT2D eigenvalue weighted by Gasteiger charge is -2.31. The lowest BCUT2D eigenvalue weighted by molar-refractivity contribution is 0.261. The molecular formula is C12H21N3O2S2. The summed E-state index contributed by atoms with van der Waals surface area (Å²) in [5.41, 5.74) is 0. The third kappa shape index (κ3) is 4.25. The van der Waals surface area contributed by atoms with Crippen molar-refractivity contribution >= 4 is 21.5 Å². The van der Waals surface area contributed by atoms with Gasteiger partial charge in [0.15, 0.2) is 0 Å². The lowest BCUT2D eigenvalue weighted by Crippen LogP contribution is -2.47. The summed E-state index contributed by atoms with van der Waals surface area (Å²) in [4.78, 5) is 1.03. The fraction of sp³-hybridized carbons (Fsp3) is 0.667. The van der Waals surface area contributed by atoms with Gasteiger partial charge in [0.2, 0.25) is 0 Å². The molecule has 0 amide bonds. The Morgan fingerprint density at radius 2 is 2.37 bits per heavy atom. The van der Waals surface area contributed by atoms with Gasteiger partial charge in [0.25, 0.3) is 10.2 Å². The van der Waals surface area contributed by atoms with Crippen LogP contribution in [0.5, 0.6) is 0 Å². The van der Waals surface area contributed by atoms with Gasteiger partial charge in [0.1, 0.15) is 0 Å². The van der Waals surface area contributed by atoms with E-state index in [1.165, 1.54) is 0 Å². The highest BCUT2D eigenvalue weighted by molar-refractivity contribution is 7.87. The second-order valence-corrected chi connectivity index (χ2v) is 7.62. The van der Waals surface area contributed by atoms with Gasteiger partial charge >= 0.3 is 0 Å². The van der Waals surface area contributed by atoms with Gasteiger partial charge < -0.3 is 5.32 Å². The quantitative estimate of drug-likeness (QED) is 0.824. The van der Waals surface area contributed by atoms with Crippen molar-refractivity contribution in [3.8, 4) is 0 Å². The predicted octanol–water partition coefficient (Wildman–Crippen LogP) is 1.01. The Hall–Kier alpha value is -0.470. The summed E-state index contributed by atoms with van der Waals surface area (Å²) in [6.45, 7) is 2.49. The summed E-state index contributed by atoms with van der Waals surface area (Å²) in [5.74, 6) is 0.414. The highest BCUT2D eigenvalue weighted by atomic mass is 32.2. The molecule has 7 heteroatoms.